The zero-order chi connectivity index (χ0) is 12.1. The first-order chi connectivity index (χ1) is 8.24. The van der Waals surface area contributed by atoms with E-state index in [1.807, 2.05) is 12.1 Å². The van der Waals surface area contributed by atoms with Gasteiger partial charge in [0.05, 0.1) is 6.26 Å². The summed E-state index contributed by atoms with van der Waals surface area (Å²) < 4.78 is 5.32. The second-order valence-corrected chi connectivity index (χ2v) is 5.37. The molecular weight excluding hydrogens is 214 g/mol. The molecule has 1 atom stereocenters. The molecule has 0 spiro atoms. The van der Waals surface area contributed by atoms with E-state index in [-0.39, 0.29) is 0 Å². The van der Waals surface area contributed by atoms with Gasteiger partial charge in [0, 0.05) is 25.6 Å². The van der Waals surface area contributed by atoms with Gasteiger partial charge in [-0.25, -0.2) is 0 Å². The number of hydrogen-bond donors (Lipinski definition) is 2. The molecule has 1 aromatic rings. The topological polar surface area (TPSA) is 45.4 Å². The third kappa shape index (κ3) is 3.86. The largest absolute Gasteiger partial charge is 0.469 e. The number of aryl methyl sites for hydroxylation is 1. The van der Waals surface area contributed by atoms with Crippen LogP contribution >= 0.6 is 0 Å². The second kappa shape index (κ2) is 5.69. The summed E-state index contributed by atoms with van der Waals surface area (Å²) in [5.41, 5.74) is 0.410. The summed E-state index contributed by atoms with van der Waals surface area (Å²) in [5, 5.41) is 12.6. The Morgan fingerprint density at radius 2 is 2.35 bits per heavy atom. The van der Waals surface area contributed by atoms with Gasteiger partial charge in [0.2, 0.25) is 0 Å². The molecule has 1 aliphatic carbocycles. The van der Waals surface area contributed by atoms with E-state index in [2.05, 4.69) is 12.2 Å². The molecule has 0 aromatic carbocycles. The van der Waals surface area contributed by atoms with Gasteiger partial charge in [0.15, 0.2) is 0 Å². The van der Waals surface area contributed by atoms with Crippen LogP contribution in [-0.4, -0.2) is 24.3 Å². The highest BCUT2D eigenvalue weighted by Crippen LogP contribution is 2.47. The third-order valence-corrected chi connectivity index (χ3v) is 3.83. The molecule has 0 amide bonds. The highest BCUT2D eigenvalue weighted by Gasteiger charge is 2.41. The number of nitrogens with one attached hydrogen (secondary N) is 1. The minimum atomic E-state index is 0.322. The van der Waals surface area contributed by atoms with Crippen LogP contribution in [0.4, 0.5) is 0 Å². The summed E-state index contributed by atoms with van der Waals surface area (Å²) in [6.07, 6.45) is 7.31. The fraction of sp³-hybridized carbons (Fsp3) is 0.714. The molecule has 0 saturated heterocycles. The van der Waals surface area contributed by atoms with Crippen LogP contribution < -0.4 is 5.32 Å². The minimum absolute atomic E-state index is 0.322. The van der Waals surface area contributed by atoms with Crippen molar-refractivity contribution in [2.75, 3.05) is 13.2 Å². The molecule has 1 unspecified atom stereocenters. The van der Waals surface area contributed by atoms with Gasteiger partial charge in [-0.3, -0.25) is 0 Å². The molecule has 0 aliphatic heterocycles. The molecule has 17 heavy (non-hydrogen) atoms. The maximum absolute atomic E-state index is 9.00. The summed E-state index contributed by atoms with van der Waals surface area (Å²) in [6.45, 7) is 3.59. The fourth-order valence-corrected chi connectivity index (χ4v) is 2.24. The first kappa shape index (κ1) is 12.7. The van der Waals surface area contributed by atoms with Gasteiger partial charge < -0.3 is 14.8 Å². The molecule has 3 heteroatoms. The zero-order valence-corrected chi connectivity index (χ0v) is 10.6. The molecule has 96 valence electrons. The lowest BCUT2D eigenvalue weighted by Crippen LogP contribution is -2.32. The van der Waals surface area contributed by atoms with Crippen molar-refractivity contribution in [3.05, 3.63) is 24.2 Å². The molecule has 0 bridgehead atoms. The van der Waals surface area contributed by atoms with Crippen molar-refractivity contribution in [3.63, 3.8) is 0 Å². The first-order valence-corrected chi connectivity index (χ1v) is 6.61. The molecule has 2 rings (SSSR count). The monoisotopic (exact) mass is 237 g/mol. The van der Waals surface area contributed by atoms with Crippen LogP contribution in [0.2, 0.25) is 0 Å². The number of rotatable bonds is 8. The minimum Gasteiger partial charge on any atom is -0.469 e. The van der Waals surface area contributed by atoms with Crippen LogP contribution in [0.3, 0.4) is 0 Å². The van der Waals surface area contributed by atoms with E-state index in [9.17, 15) is 0 Å². The quantitative estimate of drug-likeness (QED) is 0.729. The lowest BCUT2D eigenvalue weighted by Gasteiger charge is -2.19. The Bertz CT molecular complexity index is 317. The molecular formula is C14H23NO2. The highest BCUT2D eigenvalue weighted by molar-refractivity contribution is 4.99. The number of aliphatic hydroxyl groups is 1. The Morgan fingerprint density at radius 3 is 2.94 bits per heavy atom. The van der Waals surface area contributed by atoms with Crippen molar-refractivity contribution in [1.29, 1.82) is 0 Å². The Morgan fingerprint density at radius 1 is 1.53 bits per heavy atom. The van der Waals surface area contributed by atoms with Gasteiger partial charge in [0.25, 0.3) is 0 Å². The van der Waals surface area contributed by atoms with Crippen molar-refractivity contribution < 1.29 is 9.52 Å². The van der Waals surface area contributed by atoms with Crippen molar-refractivity contribution in [3.8, 4) is 0 Å². The first-order valence-electron chi connectivity index (χ1n) is 6.61. The summed E-state index contributed by atoms with van der Waals surface area (Å²) in [4.78, 5) is 0. The van der Waals surface area contributed by atoms with E-state index in [4.69, 9.17) is 9.52 Å². The molecule has 1 aromatic heterocycles. The summed E-state index contributed by atoms with van der Waals surface area (Å²) in [6, 6.07) is 4.48. The summed E-state index contributed by atoms with van der Waals surface area (Å²) in [5.74, 6) is 1.06. The van der Waals surface area contributed by atoms with Crippen LogP contribution in [0.25, 0.3) is 0 Å². The molecule has 1 heterocycles. The number of furan rings is 1. The maximum atomic E-state index is 9.00. The lowest BCUT2D eigenvalue weighted by atomic mass is 10.0. The Labute approximate surface area is 103 Å². The molecule has 1 saturated carbocycles. The predicted molar refractivity (Wildman–Crippen MR) is 67.9 cm³/mol. The van der Waals surface area contributed by atoms with Crippen LogP contribution in [0.5, 0.6) is 0 Å². The molecule has 1 fully saturated rings. The van der Waals surface area contributed by atoms with E-state index in [1.54, 1.807) is 6.26 Å². The standard InChI is InChI=1S/C14H23NO2/c1-12(4-5-13-3-2-10-17-13)15-11-14(6-7-14)8-9-16/h2-3,10,12,15-16H,4-9,11H2,1H3. The van der Waals surface area contributed by atoms with E-state index < -0.39 is 0 Å². The van der Waals surface area contributed by atoms with Gasteiger partial charge in [-0.15, -0.1) is 0 Å². The van der Waals surface area contributed by atoms with Crippen molar-refractivity contribution in [2.45, 2.75) is 45.1 Å². The number of aliphatic hydroxyl groups excluding tert-OH is 1. The lowest BCUT2D eigenvalue weighted by molar-refractivity contribution is 0.242. The fourth-order valence-electron chi connectivity index (χ4n) is 2.24. The third-order valence-electron chi connectivity index (χ3n) is 3.83. The summed E-state index contributed by atoms with van der Waals surface area (Å²) in [7, 11) is 0. The van der Waals surface area contributed by atoms with Crippen molar-refractivity contribution in [2.24, 2.45) is 5.41 Å². The zero-order valence-electron chi connectivity index (χ0n) is 10.6. The van der Waals surface area contributed by atoms with Crippen LogP contribution in [0, 0.1) is 5.41 Å². The van der Waals surface area contributed by atoms with Crippen molar-refractivity contribution in [1.82, 2.24) is 5.32 Å². The maximum Gasteiger partial charge on any atom is 0.103 e. The Hall–Kier alpha value is -0.800. The van der Waals surface area contributed by atoms with Gasteiger partial charge >= 0.3 is 0 Å². The van der Waals surface area contributed by atoms with Gasteiger partial charge in [-0.05, 0) is 50.2 Å². The highest BCUT2D eigenvalue weighted by atomic mass is 16.3. The van der Waals surface area contributed by atoms with Crippen LogP contribution in [-0.2, 0) is 6.42 Å². The van der Waals surface area contributed by atoms with E-state index in [0.29, 0.717) is 18.1 Å². The Balaban J connectivity index is 1.62. The van der Waals surface area contributed by atoms with Crippen LogP contribution in [0.1, 0.15) is 38.4 Å². The molecule has 1 aliphatic rings. The van der Waals surface area contributed by atoms with Gasteiger partial charge in [-0.1, -0.05) is 0 Å². The number of hydrogen-bond acceptors (Lipinski definition) is 3. The smallest absolute Gasteiger partial charge is 0.103 e. The van der Waals surface area contributed by atoms with Gasteiger partial charge in [-0.2, -0.15) is 0 Å². The average molecular weight is 237 g/mol. The van der Waals surface area contributed by atoms with E-state index in [1.165, 1.54) is 12.8 Å². The normalized spacial score (nSPS) is 19.2. The summed E-state index contributed by atoms with van der Waals surface area (Å²) >= 11 is 0. The van der Waals surface area contributed by atoms with Crippen LogP contribution in [0.15, 0.2) is 22.8 Å². The average Bonchev–Trinajstić information content (AvgIpc) is 2.90. The van der Waals surface area contributed by atoms with Crippen molar-refractivity contribution >= 4 is 0 Å². The Kier molecular flexibility index (Phi) is 4.24. The molecule has 0 radical (unpaired) electrons. The molecule has 2 N–H and O–H groups in total. The molecule has 3 nitrogen and oxygen atoms in total. The van der Waals surface area contributed by atoms with E-state index >= 15 is 0 Å². The SMILES string of the molecule is CC(CCc1ccco1)NCC1(CCO)CC1. The second-order valence-electron chi connectivity index (χ2n) is 5.37. The predicted octanol–water partition coefficient (Wildman–Crippen LogP) is 2.35. The van der Waals surface area contributed by atoms with Gasteiger partial charge in [0.1, 0.15) is 5.76 Å². The van der Waals surface area contributed by atoms with E-state index in [0.717, 1.165) is 31.6 Å².